The molecular formula is C22H21NO4. The van der Waals surface area contributed by atoms with Crippen molar-refractivity contribution in [1.29, 1.82) is 0 Å². The van der Waals surface area contributed by atoms with Crippen LogP contribution in [0.3, 0.4) is 0 Å². The summed E-state index contributed by atoms with van der Waals surface area (Å²) < 4.78 is 11.6. The van der Waals surface area contributed by atoms with Gasteiger partial charge in [-0.05, 0) is 11.1 Å². The van der Waals surface area contributed by atoms with Crippen molar-refractivity contribution >= 4 is 11.7 Å². The van der Waals surface area contributed by atoms with Gasteiger partial charge in [-0.2, -0.15) is 0 Å². The van der Waals surface area contributed by atoms with E-state index < -0.39 is 6.10 Å². The van der Waals surface area contributed by atoms with Gasteiger partial charge < -0.3 is 14.4 Å². The summed E-state index contributed by atoms with van der Waals surface area (Å²) in [7, 11) is 0. The van der Waals surface area contributed by atoms with E-state index in [-0.39, 0.29) is 30.3 Å². The minimum atomic E-state index is -0.599. The third-order valence-electron chi connectivity index (χ3n) is 4.96. The van der Waals surface area contributed by atoms with Crippen LogP contribution in [0.4, 0.5) is 0 Å². The number of β-lactam (4-membered cyclic amide) rings is 1. The van der Waals surface area contributed by atoms with E-state index >= 15 is 0 Å². The molecule has 1 saturated heterocycles. The zero-order valence-electron chi connectivity index (χ0n) is 14.9. The van der Waals surface area contributed by atoms with Gasteiger partial charge in [-0.1, -0.05) is 60.7 Å². The lowest BCUT2D eigenvalue weighted by molar-refractivity contribution is -0.190. The Balaban J connectivity index is 1.50. The number of ketones is 1. The van der Waals surface area contributed by atoms with Crippen LogP contribution in [-0.4, -0.2) is 34.8 Å². The Morgan fingerprint density at radius 2 is 1.63 bits per heavy atom. The van der Waals surface area contributed by atoms with Crippen LogP contribution in [-0.2, 0) is 32.2 Å². The topological polar surface area (TPSA) is 55.8 Å². The van der Waals surface area contributed by atoms with Crippen molar-refractivity contribution in [2.75, 3.05) is 0 Å². The number of hydrogen-bond donors (Lipinski definition) is 0. The summed E-state index contributed by atoms with van der Waals surface area (Å²) in [6.07, 6.45) is 2.13. The summed E-state index contributed by atoms with van der Waals surface area (Å²) in [5.41, 5.74) is 2.04. The Labute approximate surface area is 158 Å². The number of amides is 1. The van der Waals surface area contributed by atoms with Crippen molar-refractivity contribution in [3.63, 3.8) is 0 Å². The smallest absolute Gasteiger partial charge is 0.254 e. The fourth-order valence-electron chi connectivity index (χ4n) is 3.56. The normalized spacial score (nSPS) is 24.4. The van der Waals surface area contributed by atoms with E-state index in [1.54, 1.807) is 4.90 Å². The Kier molecular flexibility index (Phi) is 5.03. The van der Waals surface area contributed by atoms with Gasteiger partial charge in [0.2, 0.25) is 0 Å². The van der Waals surface area contributed by atoms with Gasteiger partial charge >= 0.3 is 0 Å². The number of rotatable bonds is 6. The Bertz CT molecular complexity index is 834. The van der Waals surface area contributed by atoms with Crippen LogP contribution >= 0.6 is 0 Å². The fraction of sp³-hybridized carbons (Fsp3) is 0.273. The molecule has 0 spiro atoms. The second-order valence-corrected chi connectivity index (χ2v) is 6.81. The number of benzene rings is 2. The van der Waals surface area contributed by atoms with Gasteiger partial charge in [0.15, 0.2) is 11.9 Å². The zero-order chi connectivity index (χ0) is 18.6. The molecule has 1 fully saturated rings. The predicted molar refractivity (Wildman–Crippen MR) is 99.4 cm³/mol. The second-order valence-electron chi connectivity index (χ2n) is 6.81. The van der Waals surface area contributed by atoms with E-state index in [9.17, 15) is 9.59 Å². The van der Waals surface area contributed by atoms with Crippen LogP contribution in [0, 0.1) is 0 Å². The second kappa shape index (κ2) is 7.76. The number of ether oxygens (including phenoxy) is 2. The van der Waals surface area contributed by atoms with Gasteiger partial charge in [-0.15, -0.1) is 0 Å². The van der Waals surface area contributed by atoms with Crippen molar-refractivity contribution < 1.29 is 19.1 Å². The number of nitrogens with zero attached hydrogens (tertiary/aromatic N) is 1. The molecule has 5 heteroatoms. The summed E-state index contributed by atoms with van der Waals surface area (Å²) >= 11 is 0. The average Bonchev–Trinajstić information content (AvgIpc) is 2.71. The van der Waals surface area contributed by atoms with E-state index in [1.807, 2.05) is 60.7 Å². The first kappa shape index (κ1) is 17.5. The highest BCUT2D eigenvalue weighted by Crippen LogP contribution is 2.32. The van der Waals surface area contributed by atoms with Gasteiger partial charge in [-0.3, -0.25) is 9.59 Å². The zero-order valence-corrected chi connectivity index (χ0v) is 14.9. The summed E-state index contributed by atoms with van der Waals surface area (Å²) in [6, 6.07) is 19.3. The predicted octanol–water partition coefficient (Wildman–Crippen LogP) is 2.85. The molecule has 0 N–H and O–H groups in total. The van der Waals surface area contributed by atoms with Crippen molar-refractivity contribution in [3.8, 4) is 0 Å². The van der Waals surface area contributed by atoms with Crippen molar-refractivity contribution in [2.45, 2.75) is 37.8 Å². The number of allylic oxidation sites excluding steroid dienone is 1. The molecule has 0 radical (unpaired) electrons. The van der Waals surface area contributed by atoms with Crippen LogP contribution in [0.1, 0.15) is 17.5 Å². The van der Waals surface area contributed by atoms with Crippen LogP contribution < -0.4 is 0 Å². The van der Waals surface area contributed by atoms with E-state index in [0.29, 0.717) is 13.2 Å². The monoisotopic (exact) mass is 363 g/mol. The molecule has 138 valence electrons. The van der Waals surface area contributed by atoms with Gasteiger partial charge in [0.1, 0.15) is 12.1 Å². The van der Waals surface area contributed by atoms with Gasteiger partial charge in [-0.25, -0.2) is 0 Å². The van der Waals surface area contributed by atoms with Crippen LogP contribution in [0.25, 0.3) is 0 Å². The highest BCUT2D eigenvalue weighted by Gasteiger charge is 2.53. The number of carbonyl (C=O) groups is 2. The number of carbonyl (C=O) groups excluding carboxylic acids is 2. The van der Waals surface area contributed by atoms with E-state index in [4.69, 9.17) is 9.47 Å². The van der Waals surface area contributed by atoms with Gasteiger partial charge in [0.05, 0.1) is 12.9 Å². The molecule has 3 atom stereocenters. The van der Waals surface area contributed by atoms with Gasteiger partial charge in [0.25, 0.3) is 5.91 Å². The Morgan fingerprint density at radius 3 is 2.30 bits per heavy atom. The van der Waals surface area contributed by atoms with Crippen molar-refractivity contribution in [1.82, 2.24) is 4.90 Å². The molecule has 2 aromatic rings. The molecule has 0 saturated carbocycles. The van der Waals surface area contributed by atoms with E-state index in [2.05, 4.69) is 0 Å². The molecule has 2 heterocycles. The maximum absolute atomic E-state index is 12.8. The molecule has 0 bridgehead atoms. The lowest BCUT2D eigenvalue weighted by atomic mass is 9.88. The molecule has 2 aliphatic rings. The average molecular weight is 363 g/mol. The molecule has 0 aliphatic carbocycles. The molecule has 1 amide bonds. The number of likely N-dealkylation sites (tertiary alicyclic amines) is 1. The first-order valence-corrected chi connectivity index (χ1v) is 9.07. The van der Waals surface area contributed by atoms with Crippen molar-refractivity contribution in [3.05, 3.63) is 84.1 Å². The third-order valence-corrected chi connectivity index (χ3v) is 4.96. The fourth-order valence-corrected chi connectivity index (χ4v) is 3.56. The summed E-state index contributed by atoms with van der Waals surface area (Å²) in [5, 5.41) is 0. The molecule has 2 aliphatic heterocycles. The molecule has 2 aromatic carbocycles. The summed E-state index contributed by atoms with van der Waals surface area (Å²) in [6.45, 7) is 0.830. The SMILES string of the molecule is O=C1C=CO[C@@H]([C@H]2[C@@H](OCc3ccccc3)C(=O)N2Cc2ccccc2)C1. The first-order chi connectivity index (χ1) is 13.2. The van der Waals surface area contributed by atoms with E-state index in [0.717, 1.165) is 11.1 Å². The standard InChI is InChI=1S/C22H21NO4/c24-18-11-12-26-19(13-18)20-21(27-15-17-9-5-2-6-10-17)22(25)23(20)14-16-7-3-1-4-8-16/h1-12,19-21H,13-15H2/t19-,20+,21-/m1/s1. The Morgan fingerprint density at radius 1 is 0.963 bits per heavy atom. The molecular weight excluding hydrogens is 342 g/mol. The molecule has 4 rings (SSSR count). The summed E-state index contributed by atoms with van der Waals surface area (Å²) in [5.74, 6) is -0.0579. The minimum absolute atomic E-state index is 0.00655. The lowest BCUT2D eigenvalue weighted by Gasteiger charge is -2.49. The van der Waals surface area contributed by atoms with Crippen LogP contribution in [0.2, 0.25) is 0 Å². The largest absolute Gasteiger partial charge is 0.495 e. The summed E-state index contributed by atoms with van der Waals surface area (Å²) in [4.78, 5) is 26.4. The lowest BCUT2D eigenvalue weighted by Crippen LogP contribution is -2.69. The number of hydrogen-bond acceptors (Lipinski definition) is 4. The quantitative estimate of drug-likeness (QED) is 0.741. The van der Waals surface area contributed by atoms with Crippen LogP contribution in [0.5, 0.6) is 0 Å². The maximum atomic E-state index is 12.8. The van der Waals surface area contributed by atoms with E-state index in [1.165, 1.54) is 12.3 Å². The third kappa shape index (κ3) is 3.78. The highest BCUT2D eigenvalue weighted by molar-refractivity contribution is 5.92. The van der Waals surface area contributed by atoms with Gasteiger partial charge in [0, 0.05) is 19.0 Å². The minimum Gasteiger partial charge on any atom is -0.495 e. The van der Waals surface area contributed by atoms with Crippen LogP contribution in [0.15, 0.2) is 73.0 Å². The molecule has 0 aromatic heterocycles. The van der Waals surface area contributed by atoms with Crippen molar-refractivity contribution in [2.24, 2.45) is 0 Å². The molecule has 27 heavy (non-hydrogen) atoms. The maximum Gasteiger partial charge on any atom is 0.254 e. The molecule has 0 unspecified atom stereocenters. The molecule has 5 nitrogen and oxygen atoms in total. The Hall–Kier alpha value is -2.92. The first-order valence-electron chi connectivity index (χ1n) is 9.07. The highest BCUT2D eigenvalue weighted by atomic mass is 16.5.